The molecule has 0 heterocycles. The summed E-state index contributed by atoms with van der Waals surface area (Å²) < 4.78 is 36.3. The molecule has 1 aromatic carbocycles. The summed E-state index contributed by atoms with van der Waals surface area (Å²) in [6.45, 7) is -0.971. The molecule has 1 aromatic rings. The molecule has 1 amide bonds. The SMILES string of the molecule is Cl.NCCC(=O)Nc1ccccc1NCC(F)(F)F. The van der Waals surface area contributed by atoms with Crippen molar-refractivity contribution in [3.63, 3.8) is 0 Å². The van der Waals surface area contributed by atoms with Crippen molar-refractivity contribution in [3.05, 3.63) is 24.3 Å². The molecule has 0 aliphatic rings. The first-order valence-electron chi connectivity index (χ1n) is 5.32. The molecule has 0 aliphatic heterocycles. The van der Waals surface area contributed by atoms with Gasteiger partial charge < -0.3 is 16.4 Å². The van der Waals surface area contributed by atoms with E-state index in [0.29, 0.717) is 5.69 Å². The number of alkyl halides is 3. The Hall–Kier alpha value is -1.47. The summed E-state index contributed by atoms with van der Waals surface area (Å²) in [6.07, 6.45) is -4.19. The Kier molecular flexibility index (Phi) is 7.25. The highest BCUT2D eigenvalue weighted by atomic mass is 35.5. The molecule has 0 radical (unpaired) electrons. The quantitative estimate of drug-likeness (QED) is 0.781. The second-order valence-corrected chi connectivity index (χ2v) is 3.60. The lowest BCUT2D eigenvalue weighted by Gasteiger charge is -2.14. The number of halogens is 4. The van der Waals surface area contributed by atoms with Gasteiger partial charge in [-0.3, -0.25) is 4.79 Å². The zero-order valence-corrected chi connectivity index (χ0v) is 10.8. The predicted molar refractivity (Wildman–Crippen MR) is 70.5 cm³/mol. The van der Waals surface area contributed by atoms with Gasteiger partial charge in [-0.2, -0.15) is 13.2 Å². The fourth-order valence-corrected chi connectivity index (χ4v) is 1.29. The van der Waals surface area contributed by atoms with Crippen LogP contribution in [0.4, 0.5) is 24.5 Å². The number of nitrogens with one attached hydrogen (secondary N) is 2. The largest absolute Gasteiger partial charge is 0.405 e. The average molecular weight is 298 g/mol. The van der Waals surface area contributed by atoms with Crippen LogP contribution in [0, 0.1) is 0 Å². The predicted octanol–water partition coefficient (Wildman–Crippen LogP) is 2.37. The van der Waals surface area contributed by atoms with Gasteiger partial charge in [-0.05, 0) is 12.1 Å². The van der Waals surface area contributed by atoms with E-state index in [0.717, 1.165) is 0 Å². The zero-order chi connectivity index (χ0) is 13.6. The van der Waals surface area contributed by atoms with Gasteiger partial charge in [-0.25, -0.2) is 0 Å². The van der Waals surface area contributed by atoms with Crippen LogP contribution >= 0.6 is 12.4 Å². The Balaban J connectivity index is 0.00000324. The van der Waals surface area contributed by atoms with Crippen molar-refractivity contribution in [1.29, 1.82) is 0 Å². The lowest BCUT2D eigenvalue weighted by atomic mass is 10.2. The monoisotopic (exact) mass is 297 g/mol. The van der Waals surface area contributed by atoms with Crippen LogP contribution < -0.4 is 16.4 Å². The molecule has 108 valence electrons. The molecule has 0 bridgehead atoms. The van der Waals surface area contributed by atoms with Crippen molar-refractivity contribution in [1.82, 2.24) is 0 Å². The smallest absolute Gasteiger partial charge is 0.375 e. The normalized spacial score (nSPS) is 10.5. The lowest BCUT2D eigenvalue weighted by Crippen LogP contribution is -2.22. The number of benzene rings is 1. The molecule has 19 heavy (non-hydrogen) atoms. The van der Waals surface area contributed by atoms with Crippen molar-refractivity contribution in [3.8, 4) is 0 Å². The standard InChI is InChI=1S/C11H14F3N3O.ClH/c12-11(13,14)7-16-8-3-1-2-4-9(8)17-10(18)5-6-15;/h1-4,16H,5-7,15H2,(H,17,18);1H. The number of nitrogens with two attached hydrogens (primary N) is 1. The van der Waals surface area contributed by atoms with Gasteiger partial charge in [0.15, 0.2) is 0 Å². The maximum Gasteiger partial charge on any atom is 0.405 e. The second kappa shape index (κ2) is 7.85. The maximum atomic E-state index is 12.1. The van der Waals surface area contributed by atoms with Crippen LogP contribution in [0.2, 0.25) is 0 Å². The van der Waals surface area contributed by atoms with Crippen molar-refractivity contribution in [2.75, 3.05) is 23.7 Å². The number of anilines is 2. The molecule has 0 saturated heterocycles. The number of amides is 1. The zero-order valence-electron chi connectivity index (χ0n) is 9.96. The van der Waals surface area contributed by atoms with Crippen LogP contribution in [0.5, 0.6) is 0 Å². The van der Waals surface area contributed by atoms with Gasteiger partial charge in [0, 0.05) is 13.0 Å². The third-order valence-corrected chi connectivity index (χ3v) is 2.05. The number of carbonyl (C=O) groups excluding carboxylic acids is 1. The van der Waals surface area contributed by atoms with Crippen molar-refractivity contribution < 1.29 is 18.0 Å². The molecule has 0 unspecified atom stereocenters. The molecule has 0 aromatic heterocycles. The van der Waals surface area contributed by atoms with Crippen LogP contribution in [-0.2, 0) is 4.79 Å². The molecule has 4 nitrogen and oxygen atoms in total. The first-order valence-corrected chi connectivity index (χ1v) is 5.32. The summed E-state index contributed by atoms with van der Waals surface area (Å²) in [6, 6.07) is 6.19. The van der Waals surface area contributed by atoms with Gasteiger partial charge in [0.1, 0.15) is 6.54 Å². The van der Waals surface area contributed by atoms with Crippen LogP contribution in [-0.4, -0.2) is 25.2 Å². The molecule has 0 fully saturated rings. The minimum atomic E-state index is -4.31. The molecule has 8 heteroatoms. The topological polar surface area (TPSA) is 67.2 Å². The molecular weight excluding hydrogens is 283 g/mol. The van der Waals surface area contributed by atoms with Gasteiger partial charge in [0.25, 0.3) is 0 Å². The van der Waals surface area contributed by atoms with Gasteiger partial charge in [0.05, 0.1) is 11.4 Å². The fourth-order valence-electron chi connectivity index (χ4n) is 1.29. The highest BCUT2D eigenvalue weighted by Crippen LogP contribution is 2.23. The summed E-state index contributed by atoms with van der Waals surface area (Å²) in [5.41, 5.74) is 5.74. The van der Waals surface area contributed by atoms with Crippen molar-refractivity contribution in [2.24, 2.45) is 5.73 Å². The van der Waals surface area contributed by atoms with Crippen LogP contribution in [0.3, 0.4) is 0 Å². The van der Waals surface area contributed by atoms with Gasteiger partial charge in [-0.1, -0.05) is 12.1 Å². The molecule has 4 N–H and O–H groups in total. The summed E-state index contributed by atoms with van der Waals surface area (Å²) in [5.74, 6) is -0.334. The number of hydrogen-bond acceptors (Lipinski definition) is 3. The van der Waals surface area contributed by atoms with Crippen LogP contribution in [0.15, 0.2) is 24.3 Å². The molecule has 0 aliphatic carbocycles. The van der Waals surface area contributed by atoms with E-state index in [1.807, 2.05) is 0 Å². The third kappa shape index (κ3) is 6.88. The molecule has 0 spiro atoms. The second-order valence-electron chi connectivity index (χ2n) is 3.60. The van der Waals surface area contributed by atoms with E-state index >= 15 is 0 Å². The van der Waals surface area contributed by atoms with Crippen LogP contribution in [0.25, 0.3) is 0 Å². The molecule has 0 saturated carbocycles. The summed E-state index contributed by atoms with van der Waals surface area (Å²) >= 11 is 0. The summed E-state index contributed by atoms with van der Waals surface area (Å²) in [5, 5.41) is 4.73. The van der Waals surface area contributed by atoms with E-state index in [4.69, 9.17) is 5.73 Å². The van der Waals surface area contributed by atoms with E-state index in [-0.39, 0.29) is 37.0 Å². The Labute approximate surface area is 115 Å². The first-order chi connectivity index (χ1) is 8.42. The Morgan fingerprint density at radius 3 is 2.32 bits per heavy atom. The maximum absolute atomic E-state index is 12.1. The van der Waals surface area contributed by atoms with E-state index in [1.165, 1.54) is 12.1 Å². The highest BCUT2D eigenvalue weighted by Gasteiger charge is 2.26. The Morgan fingerprint density at radius 1 is 1.21 bits per heavy atom. The van der Waals surface area contributed by atoms with Crippen LogP contribution in [0.1, 0.15) is 6.42 Å². The lowest BCUT2D eigenvalue weighted by molar-refractivity contribution is -0.116. The molecular formula is C11H15ClF3N3O. The Bertz CT molecular complexity index is 412. The number of para-hydroxylation sites is 2. The number of rotatable bonds is 5. The highest BCUT2D eigenvalue weighted by molar-refractivity contribution is 5.94. The van der Waals surface area contributed by atoms with Gasteiger partial charge >= 0.3 is 6.18 Å². The van der Waals surface area contributed by atoms with Gasteiger partial charge in [-0.15, -0.1) is 12.4 Å². The average Bonchev–Trinajstić information content (AvgIpc) is 2.27. The van der Waals surface area contributed by atoms with E-state index in [9.17, 15) is 18.0 Å². The van der Waals surface area contributed by atoms with E-state index in [1.54, 1.807) is 12.1 Å². The fraction of sp³-hybridized carbons (Fsp3) is 0.364. The summed E-state index contributed by atoms with van der Waals surface area (Å²) in [4.78, 5) is 11.3. The summed E-state index contributed by atoms with van der Waals surface area (Å²) in [7, 11) is 0. The molecule has 0 atom stereocenters. The van der Waals surface area contributed by atoms with Gasteiger partial charge in [0.2, 0.25) is 5.91 Å². The van der Waals surface area contributed by atoms with E-state index in [2.05, 4.69) is 10.6 Å². The molecule has 1 rings (SSSR count). The first kappa shape index (κ1) is 17.5. The van der Waals surface area contributed by atoms with Crippen molar-refractivity contribution in [2.45, 2.75) is 12.6 Å². The number of hydrogen-bond donors (Lipinski definition) is 3. The third-order valence-electron chi connectivity index (χ3n) is 2.05. The minimum Gasteiger partial charge on any atom is -0.375 e. The van der Waals surface area contributed by atoms with Crippen molar-refractivity contribution >= 4 is 29.7 Å². The Morgan fingerprint density at radius 2 is 1.79 bits per heavy atom. The minimum absolute atomic E-state index is 0. The number of carbonyl (C=O) groups is 1. The van der Waals surface area contributed by atoms with E-state index < -0.39 is 12.7 Å².